The van der Waals surface area contributed by atoms with Crippen LogP contribution in [-0.2, 0) is 4.74 Å². The minimum Gasteiger partial charge on any atom is -0.380 e. The Morgan fingerprint density at radius 2 is 2.24 bits per heavy atom. The lowest BCUT2D eigenvalue weighted by atomic mass is 10.4. The number of nitrogens with zero attached hydrogens (tertiary/aromatic N) is 2. The Labute approximate surface area is 108 Å². The summed E-state index contributed by atoms with van der Waals surface area (Å²) in [7, 11) is 0. The highest BCUT2D eigenvalue weighted by atomic mass is 32.2. The molecule has 0 aromatic carbocycles. The molecule has 0 saturated heterocycles. The van der Waals surface area contributed by atoms with Crippen LogP contribution >= 0.6 is 11.8 Å². The predicted molar refractivity (Wildman–Crippen MR) is 71.4 cm³/mol. The minimum atomic E-state index is 0.801. The highest BCUT2D eigenvalue weighted by Crippen LogP contribution is 2.10. The fourth-order valence-corrected chi connectivity index (χ4v) is 1.93. The zero-order valence-electron chi connectivity index (χ0n) is 10.4. The third-order valence-corrected chi connectivity index (χ3v) is 3.05. The van der Waals surface area contributed by atoms with E-state index in [0.29, 0.717) is 0 Å². The molecule has 0 spiro atoms. The molecule has 1 aromatic heterocycles. The monoisotopic (exact) mass is 255 g/mol. The number of rotatable bonds is 10. The second-order valence-electron chi connectivity index (χ2n) is 3.61. The molecule has 1 heterocycles. The van der Waals surface area contributed by atoms with Crippen molar-refractivity contribution < 1.29 is 4.74 Å². The Balaban J connectivity index is 1.85. The molecule has 0 radical (unpaired) electrons. The van der Waals surface area contributed by atoms with Crippen molar-refractivity contribution in [2.24, 2.45) is 0 Å². The van der Waals surface area contributed by atoms with E-state index in [1.54, 1.807) is 30.4 Å². The van der Waals surface area contributed by atoms with Gasteiger partial charge in [-0.1, -0.05) is 13.3 Å². The zero-order valence-corrected chi connectivity index (χ0v) is 11.2. The van der Waals surface area contributed by atoms with Crippen LogP contribution in [0.5, 0.6) is 0 Å². The lowest BCUT2D eigenvalue weighted by molar-refractivity contribution is 0.133. The Bertz CT molecular complexity index is 272. The van der Waals surface area contributed by atoms with Gasteiger partial charge >= 0.3 is 0 Å². The van der Waals surface area contributed by atoms with Crippen LogP contribution in [0.3, 0.4) is 0 Å². The van der Waals surface area contributed by atoms with Gasteiger partial charge < -0.3 is 10.1 Å². The van der Waals surface area contributed by atoms with Gasteiger partial charge in [-0.3, -0.25) is 4.98 Å². The van der Waals surface area contributed by atoms with Crippen LogP contribution in [0.15, 0.2) is 23.6 Å². The maximum atomic E-state index is 5.45. The van der Waals surface area contributed by atoms with Gasteiger partial charge in [-0.2, -0.15) is 0 Å². The normalized spacial score (nSPS) is 10.6. The smallest absolute Gasteiger partial charge is 0.114 e. The first-order chi connectivity index (χ1) is 8.43. The lowest BCUT2D eigenvalue weighted by Gasteiger charge is -2.05. The van der Waals surface area contributed by atoms with Gasteiger partial charge in [0.05, 0.1) is 12.8 Å². The molecular formula is C12H21N3OS. The van der Waals surface area contributed by atoms with Crippen molar-refractivity contribution >= 4 is 11.8 Å². The summed E-state index contributed by atoms with van der Waals surface area (Å²) in [6.07, 6.45) is 7.55. The average molecular weight is 255 g/mol. The van der Waals surface area contributed by atoms with Gasteiger partial charge in [-0.05, 0) is 6.42 Å². The number of nitrogens with one attached hydrogen (secondary N) is 1. The number of aromatic nitrogens is 2. The van der Waals surface area contributed by atoms with Crippen molar-refractivity contribution in [3.05, 3.63) is 18.6 Å². The molecule has 4 nitrogen and oxygen atoms in total. The van der Waals surface area contributed by atoms with Crippen molar-refractivity contribution in [2.75, 3.05) is 32.1 Å². The van der Waals surface area contributed by atoms with Gasteiger partial charge in [0.2, 0.25) is 0 Å². The van der Waals surface area contributed by atoms with Gasteiger partial charge in [0, 0.05) is 37.8 Å². The zero-order chi connectivity index (χ0) is 12.2. The van der Waals surface area contributed by atoms with E-state index < -0.39 is 0 Å². The summed E-state index contributed by atoms with van der Waals surface area (Å²) in [4.78, 5) is 8.21. The molecule has 0 amide bonds. The van der Waals surface area contributed by atoms with Gasteiger partial charge in [0.1, 0.15) is 5.03 Å². The van der Waals surface area contributed by atoms with E-state index >= 15 is 0 Å². The van der Waals surface area contributed by atoms with Crippen LogP contribution in [0, 0.1) is 0 Å². The molecule has 1 rings (SSSR count). The summed E-state index contributed by atoms with van der Waals surface area (Å²) in [5.41, 5.74) is 0. The minimum absolute atomic E-state index is 0.801. The number of hydrogen-bond donors (Lipinski definition) is 1. The van der Waals surface area contributed by atoms with Crippen LogP contribution in [0.25, 0.3) is 0 Å². The van der Waals surface area contributed by atoms with E-state index in [1.807, 2.05) is 0 Å². The number of unbranched alkanes of at least 4 members (excludes halogenated alkanes) is 1. The second-order valence-corrected chi connectivity index (χ2v) is 4.72. The van der Waals surface area contributed by atoms with Crippen LogP contribution in [0.1, 0.15) is 19.8 Å². The highest BCUT2D eigenvalue weighted by Gasteiger charge is 1.94. The molecule has 0 saturated carbocycles. The average Bonchev–Trinajstić information content (AvgIpc) is 2.38. The Morgan fingerprint density at radius 3 is 3.00 bits per heavy atom. The van der Waals surface area contributed by atoms with Gasteiger partial charge in [-0.25, -0.2) is 4.98 Å². The Morgan fingerprint density at radius 1 is 1.29 bits per heavy atom. The molecule has 17 heavy (non-hydrogen) atoms. The third-order valence-electron chi connectivity index (χ3n) is 2.13. The Hall–Kier alpha value is -0.650. The van der Waals surface area contributed by atoms with E-state index in [2.05, 4.69) is 22.2 Å². The molecule has 0 atom stereocenters. The summed E-state index contributed by atoms with van der Waals surface area (Å²) >= 11 is 1.72. The molecule has 0 aliphatic carbocycles. The lowest BCUT2D eigenvalue weighted by Crippen LogP contribution is -2.22. The number of ether oxygens (including phenoxy) is 1. The largest absolute Gasteiger partial charge is 0.380 e. The van der Waals surface area contributed by atoms with E-state index in [9.17, 15) is 0 Å². The fourth-order valence-electron chi connectivity index (χ4n) is 1.21. The molecule has 5 heteroatoms. The molecule has 96 valence electrons. The molecule has 0 bridgehead atoms. The van der Waals surface area contributed by atoms with Crippen molar-refractivity contribution in [3.8, 4) is 0 Å². The fraction of sp³-hybridized carbons (Fsp3) is 0.667. The van der Waals surface area contributed by atoms with Crippen LogP contribution < -0.4 is 5.32 Å². The van der Waals surface area contributed by atoms with Crippen LogP contribution in [0.4, 0.5) is 0 Å². The summed E-state index contributed by atoms with van der Waals surface area (Å²) in [5.74, 6) is 1.01. The molecule has 0 unspecified atom stereocenters. The van der Waals surface area contributed by atoms with Crippen LogP contribution in [0.2, 0.25) is 0 Å². The van der Waals surface area contributed by atoms with Gasteiger partial charge in [0.25, 0.3) is 0 Å². The molecule has 0 aliphatic heterocycles. The highest BCUT2D eigenvalue weighted by molar-refractivity contribution is 7.99. The topological polar surface area (TPSA) is 47.0 Å². The Kier molecular flexibility index (Phi) is 8.90. The third kappa shape index (κ3) is 8.12. The second kappa shape index (κ2) is 10.5. The number of hydrogen-bond acceptors (Lipinski definition) is 5. The first-order valence-corrected chi connectivity index (χ1v) is 7.09. The summed E-state index contributed by atoms with van der Waals surface area (Å²) < 4.78 is 5.45. The maximum Gasteiger partial charge on any atom is 0.114 e. The summed E-state index contributed by atoms with van der Waals surface area (Å²) in [6, 6.07) is 0. The standard InChI is InChI=1S/C12H21N3OS/c1-2-3-8-16-9-6-13-7-10-17-12-11-14-4-5-15-12/h4-5,11,13H,2-3,6-10H2,1H3. The first-order valence-electron chi connectivity index (χ1n) is 6.10. The molecule has 0 aliphatic rings. The van der Waals surface area contributed by atoms with E-state index in [0.717, 1.165) is 43.5 Å². The molecule has 0 fully saturated rings. The van der Waals surface area contributed by atoms with Crippen molar-refractivity contribution in [2.45, 2.75) is 24.8 Å². The van der Waals surface area contributed by atoms with Crippen molar-refractivity contribution in [1.82, 2.24) is 15.3 Å². The van der Waals surface area contributed by atoms with E-state index in [1.165, 1.54) is 6.42 Å². The van der Waals surface area contributed by atoms with Crippen molar-refractivity contribution in [3.63, 3.8) is 0 Å². The maximum absolute atomic E-state index is 5.45. The molecular weight excluding hydrogens is 234 g/mol. The number of thioether (sulfide) groups is 1. The predicted octanol–water partition coefficient (Wildman–Crippen LogP) is 1.97. The first kappa shape index (κ1) is 14.4. The molecule has 1 N–H and O–H groups in total. The van der Waals surface area contributed by atoms with Crippen molar-refractivity contribution in [1.29, 1.82) is 0 Å². The SMILES string of the molecule is CCCCOCCNCCSc1cnccn1. The van der Waals surface area contributed by atoms with Gasteiger partial charge in [0.15, 0.2) is 0 Å². The summed E-state index contributed by atoms with van der Waals surface area (Å²) in [6.45, 7) is 5.75. The quantitative estimate of drug-likeness (QED) is 0.511. The van der Waals surface area contributed by atoms with Crippen LogP contribution in [-0.4, -0.2) is 42.0 Å². The van der Waals surface area contributed by atoms with E-state index in [4.69, 9.17) is 4.74 Å². The molecule has 1 aromatic rings. The van der Waals surface area contributed by atoms with Gasteiger partial charge in [-0.15, -0.1) is 11.8 Å². The summed E-state index contributed by atoms with van der Waals surface area (Å²) in [5, 5.41) is 4.32. The van der Waals surface area contributed by atoms with E-state index in [-0.39, 0.29) is 0 Å².